The zero-order valence-corrected chi connectivity index (χ0v) is 23.5. The molecule has 14 heteroatoms. The number of hydrogen-bond donors (Lipinski definition) is 2. The van der Waals surface area contributed by atoms with Crippen molar-refractivity contribution >= 4 is 28.7 Å². The second-order valence-corrected chi connectivity index (χ2v) is 11.3. The standard InChI is InChI=1S/C15H20F3N5O3S.C11H15NO/c1-21(11-20-19)10-14(24)22-6-8-23(9-7-22)27(25,26)13-4-2-12(3-5-13)15(16,17)18;1-9(2)11-5-3-10(4-6-11)7-12-8-13/h2-5,11H,6-10,19H2,1H3;3-6,8-9H,7H2,1-2H3,(H,12,13)/b20-11-;. The second-order valence-electron chi connectivity index (χ2n) is 9.38. The van der Waals surface area contributed by atoms with Crippen LogP contribution in [0.1, 0.15) is 36.5 Å². The summed E-state index contributed by atoms with van der Waals surface area (Å²) in [5.41, 5.74) is 1.55. The number of carbonyl (C=O) groups is 2. The predicted octanol–water partition coefficient (Wildman–Crippen LogP) is 2.43. The van der Waals surface area contributed by atoms with E-state index in [0.717, 1.165) is 40.5 Å². The van der Waals surface area contributed by atoms with E-state index in [0.29, 0.717) is 12.5 Å². The highest BCUT2D eigenvalue weighted by atomic mass is 32.2. The molecular formula is C26H35F3N6O4S. The quantitative estimate of drug-likeness (QED) is 0.153. The fraction of sp³-hybridized carbons (Fsp3) is 0.423. The molecule has 1 aliphatic rings. The maximum Gasteiger partial charge on any atom is 0.416 e. The highest BCUT2D eigenvalue weighted by molar-refractivity contribution is 7.89. The summed E-state index contributed by atoms with van der Waals surface area (Å²) in [6.45, 7) is 5.48. The molecular weight excluding hydrogens is 549 g/mol. The molecule has 2 aromatic rings. The van der Waals surface area contributed by atoms with E-state index in [1.165, 1.54) is 21.7 Å². The number of sulfonamides is 1. The van der Waals surface area contributed by atoms with Gasteiger partial charge in [0.1, 0.15) is 6.34 Å². The molecule has 0 radical (unpaired) electrons. The molecule has 0 spiro atoms. The van der Waals surface area contributed by atoms with E-state index < -0.39 is 21.8 Å². The van der Waals surface area contributed by atoms with Crippen LogP contribution in [0.3, 0.4) is 0 Å². The minimum atomic E-state index is -4.53. The summed E-state index contributed by atoms with van der Waals surface area (Å²) in [6.07, 6.45) is -2.52. The Morgan fingerprint density at radius 3 is 2.12 bits per heavy atom. The highest BCUT2D eigenvalue weighted by Gasteiger charge is 2.33. The Bertz CT molecular complexity index is 1230. The Morgan fingerprint density at radius 1 is 1.07 bits per heavy atom. The molecule has 40 heavy (non-hydrogen) atoms. The summed E-state index contributed by atoms with van der Waals surface area (Å²) in [7, 11) is -2.30. The van der Waals surface area contributed by atoms with Crippen molar-refractivity contribution in [1.29, 1.82) is 0 Å². The molecule has 220 valence electrons. The van der Waals surface area contributed by atoms with Crippen LogP contribution in [0, 0.1) is 0 Å². The molecule has 0 unspecified atom stereocenters. The number of benzene rings is 2. The lowest BCUT2D eigenvalue weighted by Gasteiger charge is -2.34. The molecule has 1 fully saturated rings. The molecule has 0 atom stereocenters. The smallest absolute Gasteiger partial charge is 0.355 e. The van der Waals surface area contributed by atoms with Gasteiger partial charge in [0.25, 0.3) is 0 Å². The van der Waals surface area contributed by atoms with Gasteiger partial charge in [-0.2, -0.15) is 22.6 Å². The summed E-state index contributed by atoms with van der Waals surface area (Å²) in [6, 6.07) is 11.7. The Kier molecular flexibility index (Phi) is 11.9. The summed E-state index contributed by atoms with van der Waals surface area (Å²) in [4.78, 5) is 25.0. The van der Waals surface area contributed by atoms with Crippen molar-refractivity contribution in [3.05, 3.63) is 65.2 Å². The molecule has 1 aliphatic heterocycles. The van der Waals surface area contributed by atoms with E-state index in [1.54, 1.807) is 7.05 Å². The summed E-state index contributed by atoms with van der Waals surface area (Å²) < 4.78 is 64.2. The third-order valence-electron chi connectivity index (χ3n) is 6.10. The maximum absolute atomic E-state index is 12.6. The Balaban J connectivity index is 0.000000360. The van der Waals surface area contributed by atoms with Gasteiger partial charge in [-0.1, -0.05) is 38.1 Å². The van der Waals surface area contributed by atoms with Crippen molar-refractivity contribution < 1.29 is 31.2 Å². The largest absolute Gasteiger partial charge is 0.416 e. The molecule has 2 amide bonds. The molecule has 2 aromatic carbocycles. The zero-order valence-electron chi connectivity index (χ0n) is 22.6. The average molecular weight is 585 g/mol. The number of rotatable bonds is 9. The van der Waals surface area contributed by atoms with E-state index in [9.17, 15) is 31.2 Å². The Morgan fingerprint density at radius 2 is 1.65 bits per heavy atom. The van der Waals surface area contributed by atoms with E-state index >= 15 is 0 Å². The number of alkyl halides is 3. The number of nitrogens with two attached hydrogens (primary N) is 1. The fourth-order valence-corrected chi connectivity index (χ4v) is 5.21. The monoisotopic (exact) mass is 584 g/mol. The first kappa shape index (κ1) is 32.6. The van der Waals surface area contributed by atoms with Gasteiger partial charge in [-0.3, -0.25) is 9.59 Å². The van der Waals surface area contributed by atoms with Gasteiger partial charge in [0, 0.05) is 39.8 Å². The van der Waals surface area contributed by atoms with Crippen LogP contribution in [0.5, 0.6) is 0 Å². The number of nitrogens with one attached hydrogen (secondary N) is 1. The van der Waals surface area contributed by atoms with Crippen molar-refractivity contribution in [1.82, 2.24) is 19.4 Å². The lowest BCUT2D eigenvalue weighted by molar-refractivity contribution is -0.137. The van der Waals surface area contributed by atoms with Crippen LogP contribution in [-0.2, 0) is 32.3 Å². The highest BCUT2D eigenvalue weighted by Crippen LogP contribution is 2.30. The average Bonchev–Trinajstić information content (AvgIpc) is 2.92. The van der Waals surface area contributed by atoms with E-state index in [4.69, 9.17) is 5.84 Å². The lowest BCUT2D eigenvalue weighted by Crippen LogP contribution is -2.52. The van der Waals surface area contributed by atoms with E-state index in [2.05, 4.69) is 36.4 Å². The molecule has 3 rings (SSSR count). The topological polar surface area (TPSA) is 128 Å². The number of halogens is 3. The van der Waals surface area contributed by atoms with Gasteiger partial charge in [-0.15, -0.1) is 0 Å². The van der Waals surface area contributed by atoms with Crippen molar-refractivity contribution in [3.63, 3.8) is 0 Å². The summed E-state index contributed by atoms with van der Waals surface area (Å²) >= 11 is 0. The Labute approximate surface area is 232 Å². The SMILES string of the molecule is CC(C)c1ccc(CNC=O)cc1.CN(/C=N\N)CC(=O)N1CCN(S(=O)(=O)c2ccc(C(F)(F)F)cc2)CC1. The molecule has 0 bridgehead atoms. The third-order valence-corrected chi connectivity index (χ3v) is 8.01. The second kappa shape index (κ2) is 14.7. The lowest BCUT2D eigenvalue weighted by atomic mass is 10.0. The van der Waals surface area contributed by atoms with Gasteiger partial charge < -0.3 is 21.0 Å². The number of nitrogens with zero attached hydrogens (tertiary/aromatic N) is 4. The van der Waals surface area contributed by atoms with Gasteiger partial charge in [0.15, 0.2) is 0 Å². The van der Waals surface area contributed by atoms with Crippen LogP contribution >= 0.6 is 0 Å². The van der Waals surface area contributed by atoms with Crippen LogP contribution in [0.15, 0.2) is 58.5 Å². The Hall–Kier alpha value is -3.65. The minimum absolute atomic E-state index is 0.0480. The third kappa shape index (κ3) is 9.52. The van der Waals surface area contributed by atoms with Crippen molar-refractivity contribution in [2.45, 2.75) is 37.4 Å². The van der Waals surface area contributed by atoms with Crippen LogP contribution in [-0.4, -0.2) is 81.0 Å². The minimum Gasteiger partial charge on any atom is -0.355 e. The van der Waals surface area contributed by atoms with Crippen LogP contribution in [0.4, 0.5) is 13.2 Å². The van der Waals surface area contributed by atoms with E-state index in [-0.39, 0.29) is 43.5 Å². The fourth-order valence-electron chi connectivity index (χ4n) is 3.79. The van der Waals surface area contributed by atoms with Gasteiger partial charge in [0.05, 0.1) is 17.0 Å². The number of carbonyl (C=O) groups excluding carboxylic acids is 2. The number of likely N-dealkylation sites (N-methyl/N-ethyl adjacent to an activating group) is 1. The first-order chi connectivity index (χ1) is 18.8. The van der Waals surface area contributed by atoms with Gasteiger partial charge in [-0.25, -0.2) is 8.42 Å². The first-order valence-electron chi connectivity index (χ1n) is 12.4. The normalized spacial score (nSPS) is 14.5. The van der Waals surface area contributed by atoms with Crippen LogP contribution < -0.4 is 11.2 Å². The van der Waals surface area contributed by atoms with Crippen molar-refractivity contribution in [2.75, 3.05) is 39.8 Å². The number of amides is 2. The summed E-state index contributed by atoms with van der Waals surface area (Å²) in [5.74, 6) is 5.36. The molecule has 1 saturated heterocycles. The molecule has 0 aliphatic carbocycles. The molecule has 3 N–H and O–H groups in total. The predicted molar refractivity (Wildman–Crippen MR) is 146 cm³/mol. The van der Waals surface area contributed by atoms with Gasteiger partial charge in [0.2, 0.25) is 22.3 Å². The molecule has 0 saturated carbocycles. The number of hydrazone groups is 1. The summed E-state index contributed by atoms with van der Waals surface area (Å²) in [5, 5.41) is 5.94. The first-order valence-corrected chi connectivity index (χ1v) is 13.9. The number of hydrogen-bond acceptors (Lipinski definition) is 6. The van der Waals surface area contributed by atoms with Gasteiger partial charge >= 0.3 is 6.18 Å². The zero-order chi connectivity index (χ0) is 29.9. The number of piperazine rings is 1. The molecule has 10 nitrogen and oxygen atoms in total. The molecule has 1 heterocycles. The van der Waals surface area contributed by atoms with E-state index in [1.807, 2.05) is 12.1 Å². The van der Waals surface area contributed by atoms with Crippen LogP contribution in [0.25, 0.3) is 0 Å². The van der Waals surface area contributed by atoms with Gasteiger partial charge in [-0.05, 0) is 41.3 Å². The van der Waals surface area contributed by atoms with Crippen LogP contribution in [0.2, 0.25) is 0 Å². The van der Waals surface area contributed by atoms with Crippen molar-refractivity contribution in [2.24, 2.45) is 10.9 Å². The molecule has 0 aromatic heterocycles. The maximum atomic E-state index is 12.6. The van der Waals surface area contributed by atoms with Crippen molar-refractivity contribution in [3.8, 4) is 0 Å².